The van der Waals surface area contributed by atoms with Crippen molar-refractivity contribution in [2.75, 3.05) is 18.2 Å². The Kier molecular flexibility index (Phi) is 3.89. The molecule has 2 aromatic carbocycles. The number of nitrogens with one attached hydrogen (secondary N) is 1. The number of aryl methyl sites for hydroxylation is 1. The van der Waals surface area contributed by atoms with Gasteiger partial charge in [-0.25, -0.2) is 4.39 Å². The van der Waals surface area contributed by atoms with Gasteiger partial charge >= 0.3 is 0 Å². The lowest BCUT2D eigenvalue weighted by Gasteiger charge is -2.10. The van der Waals surface area contributed by atoms with E-state index in [2.05, 4.69) is 5.32 Å². The zero-order chi connectivity index (χ0) is 14.7. The predicted molar refractivity (Wildman–Crippen MR) is 76.5 cm³/mol. The first kappa shape index (κ1) is 13.9. The van der Waals surface area contributed by atoms with Crippen molar-refractivity contribution in [3.8, 4) is 5.75 Å². The second-order valence-electron chi connectivity index (χ2n) is 4.37. The first-order chi connectivity index (χ1) is 9.51. The molecule has 20 heavy (non-hydrogen) atoms. The van der Waals surface area contributed by atoms with Crippen molar-refractivity contribution in [1.29, 1.82) is 0 Å². The summed E-state index contributed by atoms with van der Waals surface area (Å²) in [6.07, 6.45) is 0. The highest BCUT2D eigenvalue weighted by Gasteiger charge is 2.13. The lowest BCUT2D eigenvalue weighted by Crippen LogP contribution is -2.14. The summed E-state index contributed by atoms with van der Waals surface area (Å²) in [6.45, 7) is 1.83. The number of hydrogen-bond donors (Lipinski definition) is 2. The topological polar surface area (TPSA) is 64.3 Å². The van der Waals surface area contributed by atoms with Crippen LogP contribution in [-0.2, 0) is 0 Å². The average Bonchev–Trinajstić information content (AvgIpc) is 2.40. The Bertz CT molecular complexity index is 656. The molecule has 3 N–H and O–H groups in total. The van der Waals surface area contributed by atoms with Gasteiger partial charge in [-0.15, -0.1) is 0 Å². The third-order valence-electron chi connectivity index (χ3n) is 2.92. The van der Waals surface area contributed by atoms with Gasteiger partial charge in [-0.1, -0.05) is 0 Å². The summed E-state index contributed by atoms with van der Waals surface area (Å²) in [6, 6.07) is 9.19. The van der Waals surface area contributed by atoms with Gasteiger partial charge in [0.05, 0.1) is 12.7 Å². The van der Waals surface area contributed by atoms with Crippen LogP contribution < -0.4 is 15.8 Å². The Morgan fingerprint density at radius 1 is 1.25 bits per heavy atom. The van der Waals surface area contributed by atoms with Gasteiger partial charge in [-0.2, -0.15) is 0 Å². The molecule has 0 fully saturated rings. The van der Waals surface area contributed by atoms with Crippen LogP contribution in [0, 0.1) is 12.7 Å². The maximum absolute atomic E-state index is 13.7. The van der Waals surface area contributed by atoms with Crippen LogP contribution in [0.1, 0.15) is 15.9 Å². The minimum absolute atomic E-state index is 0.0468. The number of ether oxygens (including phenoxy) is 1. The molecule has 0 bridgehead atoms. The number of rotatable bonds is 3. The van der Waals surface area contributed by atoms with Crippen molar-refractivity contribution < 1.29 is 13.9 Å². The Morgan fingerprint density at radius 2 is 2.00 bits per heavy atom. The molecule has 0 aromatic heterocycles. The molecule has 0 saturated carbocycles. The molecule has 5 heteroatoms. The highest BCUT2D eigenvalue weighted by molar-refractivity contribution is 6.05. The molecule has 0 radical (unpaired) electrons. The Balaban J connectivity index is 2.23. The second kappa shape index (κ2) is 5.61. The second-order valence-corrected chi connectivity index (χ2v) is 4.37. The maximum Gasteiger partial charge on any atom is 0.258 e. The number of carbonyl (C=O) groups excluding carboxylic acids is 1. The van der Waals surface area contributed by atoms with Crippen molar-refractivity contribution in [3.63, 3.8) is 0 Å². The van der Waals surface area contributed by atoms with Crippen molar-refractivity contribution in [2.24, 2.45) is 0 Å². The largest absolute Gasteiger partial charge is 0.497 e. The van der Waals surface area contributed by atoms with E-state index in [1.807, 2.05) is 6.92 Å². The SMILES string of the molecule is COc1ccc(NC(=O)c2ccc(N)cc2F)c(C)c1. The predicted octanol–water partition coefficient (Wildman–Crippen LogP) is 2.98. The van der Waals surface area contributed by atoms with E-state index in [1.54, 1.807) is 25.3 Å². The van der Waals surface area contributed by atoms with Crippen molar-refractivity contribution >= 4 is 17.3 Å². The van der Waals surface area contributed by atoms with E-state index in [-0.39, 0.29) is 11.3 Å². The van der Waals surface area contributed by atoms with Crippen LogP contribution in [0.2, 0.25) is 0 Å². The number of anilines is 2. The van der Waals surface area contributed by atoms with Gasteiger partial charge in [0.25, 0.3) is 5.91 Å². The molecule has 1 amide bonds. The summed E-state index contributed by atoms with van der Waals surface area (Å²) in [4.78, 5) is 12.0. The van der Waals surface area contributed by atoms with Gasteiger partial charge in [0.15, 0.2) is 0 Å². The summed E-state index contributed by atoms with van der Waals surface area (Å²) in [7, 11) is 1.57. The van der Waals surface area contributed by atoms with Gasteiger partial charge in [-0.05, 0) is 48.9 Å². The van der Waals surface area contributed by atoms with Crippen LogP contribution >= 0.6 is 0 Å². The van der Waals surface area contributed by atoms with Crippen LogP contribution in [0.25, 0.3) is 0 Å². The number of methoxy groups -OCH3 is 1. The summed E-state index contributed by atoms with van der Waals surface area (Å²) in [5.41, 5.74) is 7.11. The molecule has 0 aliphatic carbocycles. The average molecular weight is 274 g/mol. The quantitative estimate of drug-likeness (QED) is 0.846. The van der Waals surface area contributed by atoms with E-state index in [9.17, 15) is 9.18 Å². The smallest absolute Gasteiger partial charge is 0.258 e. The minimum atomic E-state index is -0.645. The summed E-state index contributed by atoms with van der Waals surface area (Å²) < 4.78 is 18.7. The van der Waals surface area contributed by atoms with Gasteiger partial charge in [0.2, 0.25) is 0 Å². The molecule has 104 valence electrons. The molecule has 0 saturated heterocycles. The normalized spacial score (nSPS) is 10.2. The third kappa shape index (κ3) is 2.88. The zero-order valence-corrected chi connectivity index (χ0v) is 11.2. The Hall–Kier alpha value is -2.56. The monoisotopic (exact) mass is 274 g/mol. The van der Waals surface area contributed by atoms with Crippen LogP contribution in [0.3, 0.4) is 0 Å². The fourth-order valence-electron chi connectivity index (χ4n) is 1.81. The molecule has 2 rings (SSSR count). The van der Waals surface area contributed by atoms with Crippen LogP contribution in [0.4, 0.5) is 15.8 Å². The van der Waals surface area contributed by atoms with Crippen molar-refractivity contribution in [3.05, 3.63) is 53.3 Å². The summed E-state index contributed by atoms with van der Waals surface area (Å²) >= 11 is 0. The fourth-order valence-corrected chi connectivity index (χ4v) is 1.81. The Labute approximate surface area is 116 Å². The van der Waals surface area contributed by atoms with E-state index >= 15 is 0 Å². The van der Waals surface area contributed by atoms with Gasteiger partial charge in [0, 0.05) is 11.4 Å². The first-order valence-electron chi connectivity index (χ1n) is 6.02. The van der Waals surface area contributed by atoms with Crippen LogP contribution in [0.15, 0.2) is 36.4 Å². The molecule has 4 nitrogen and oxygen atoms in total. The highest BCUT2D eigenvalue weighted by atomic mass is 19.1. The maximum atomic E-state index is 13.7. The molecular formula is C15H15FN2O2. The van der Waals surface area contributed by atoms with E-state index in [0.29, 0.717) is 11.4 Å². The molecule has 0 unspecified atom stereocenters. The number of amides is 1. The number of nitrogens with two attached hydrogens (primary N) is 1. The standard InChI is InChI=1S/C15H15FN2O2/c1-9-7-11(20-2)4-6-14(9)18-15(19)12-5-3-10(17)8-13(12)16/h3-8H,17H2,1-2H3,(H,18,19). The number of halogens is 1. The van der Waals surface area contributed by atoms with E-state index in [0.717, 1.165) is 11.6 Å². The van der Waals surface area contributed by atoms with E-state index < -0.39 is 11.7 Å². The van der Waals surface area contributed by atoms with Crippen LogP contribution in [0.5, 0.6) is 5.75 Å². The lowest BCUT2D eigenvalue weighted by molar-refractivity contribution is 0.102. The Morgan fingerprint density at radius 3 is 2.60 bits per heavy atom. The first-order valence-corrected chi connectivity index (χ1v) is 6.02. The molecule has 0 aliphatic rings. The van der Waals surface area contributed by atoms with Crippen molar-refractivity contribution in [1.82, 2.24) is 0 Å². The van der Waals surface area contributed by atoms with Crippen molar-refractivity contribution in [2.45, 2.75) is 6.92 Å². The summed E-state index contributed by atoms with van der Waals surface area (Å²) in [5.74, 6) is -0.469. The minimum Gasteiger partial charge on any atom is -0.497 e. The number of hydrogen-bond acceptors (Lipinski definition) is 3. The number of nitrogen functional groups attached to an aromatic ring is 1. The fraction of sp³-hybridized carbons (Fsp3) is 0.133. The van der Waals surface area contributed by atoms with Gasteiger partial charge in [-0.3, -0.25) is 4.79 Å². The molecule has 0 aliphatic heterocycles. The third-order valence-corrected chi connectivity index (χ3v) is 2.92. The highest BCUT2D eigenvalue weighted by Crippen LogP contribution is 2.22. The molecule has 0 spiro atoms. The zero-order valence-electron chi connectivity index (χ0n) is 11.2. The summed E-state index contributed by atoms with van der Waals surface area (Å²) in [5, 5.41) is 2.66. The molecule has 0 atom stereocenters. The van der Waals surface area contributed by atoms with E-state index in [4.69, 9.17) is 10.5 Å². The van der Waals surface area contributed by atoms with Gasteiger partial charge < -0.3 is 15.8 Å². The molecule has 2 aromatic rings. The van der Waals surface area contributed by atoms with E-state index in [1.165, 1.54) is 12.1 Å². The molecular weight excluding hydrogens is 259 g/mol. The molecule has 0 heterocycles. The van der Waals surface area contributed by atoms with Crippen LogP contribution in [-0.4, -0.2) is 13.0 Å². The lowest BCUT2D eigenvalue weighted by atomic mass is 10.1. The number of carbonyl (C=O) groups is 1. The number of benzene rings is 2. The van der Waals surface area contributed by atoms with Gasteiger partial charge in [0.1, 0.15) is 11.6 Å².